The van der Waals surface area contributed by atoms with Crippen molar-refractivity contribution in [1.82, 2.24) is 15.4 Å². The number of carbonyl (C=O) groups is 1. The highest BCUT2D eigenvalue weighted by Gasteiger charge is 2.30. The zero-order valence-electron chi connectivity index (χ0n) is 20.4. The third kappa shape index (κ3) is 5.72. The van der Waals surface area contributed by atoms with E-state index in [1.165, 1.54) is 41.7 Å². The molecule has 0 spiro atoms. The molecule has 192 valence electrons. The van der Waals surface area contributed by atoms with Crippen LogP contribution in [0.2, 0.25) is 0 Å². The molecule has 0 unspecified atom stereocenters. The Balaban J connectivity index is 1.43. The summed E-state index contributed by atoms with van der Waals surface area (Å²) < 4.78 is 0. The molecule has 1 aliphatic heterocycles. The third-order valence-electron chi connectivity index (χ3n) is 6.31. The number of amides is 1. The average molecular weight is 507 g/mol. The molecule has 0 saturated carbocycles. The van der Waals surface area contributed by atoms with Crippen LogP contribution in [0.4, 0.5) is 28.7 Å². The summed E-state index contributed by atoms with van der Waals surface area (Å²) in [5.74, 6) is -0.456. The van der Waals surface area contributed by atoms with Crippen LogP contribution < -0.4 is 20.7 Å². The van der Waals surface area contributed by atoms with Crippen LogP contribution in [0.1, 0.15) is 16.7 Å². The van der Waals surface area contributed by atoms with E-state index in [4.69, 9.17) is 0 Å². The summed E-state index contributed by atoms with van der Waals surface area (Å²) in [7, 11) is 0. The second-order valence-corrected chi connectivity index (χ2v) is 8.62. The number of nitrogens with one attached hydrogen (secondary N) is 2. The van der Waals surface area contributed by atoms with Gasteiger partial charge in [-0.15, -0.1) is 0 Å². The summed E-state index contributed by atoms with van der Waals surface area (Å²) in [5.41, 5.74) is 8.63. The smallest absolute Gasteiger partial charge is 0.355 e. The standard InChI is InChI=1S/C24H26N8O5/c1-16-4-3-5-20(17(16)2)29-10-12-30(13-11-29)24-22(32(36)37)23(25-15-26-24)28-27-21(33)14-18-6-8-19(9-7-18)31(34)35/h3-9,15H,10-14H2,1-2H3,(H,27,33)(H,25,26,28). The fraction of sp³-hybridized carbons (Fsp3) is 0.292. The number of piperazine rings is 1. The lowest BCUT2D eigenvalue weighted by molar-refractivity contribution is -0.384. The lowest BCUT2D eigenvalue weighted by Crippen LogP contribution is -2.47. The highest BCUT2D eigenvalue weighted by Crippen LogP contribution is 2.33. The molecule has 1 saturated heterocycles. The van der Waals surface area contributed by atoms with Crippen molar-refractivity contribution in [1.29, 1.82) is 0 Å². The maximum atomic E-state index is 12.4. The van der Waals surface area contributed by atoms with E-state index in [1.807, 2.05) is 11.0 Å². The number of carbonyl (C=O) groups excluding carboxylic acids is 1. The van der Waals surface area contributed by atoms with E-state index < -0.39 is 15.8 Å². The summed E-state index contributed by atoms with van der Waals surface area (Å²) in [6.07, 6.45) is 1.13. The number of nitro benzene ring substituents is 1. The van der Waals surface area contributed by atoms with E-state index in [9.17, 15) is 25.0 Å². The minimum atomic E-state index is -0.572. The number of hydrazine groups is 1. The molecular formula is C24H26N8O5. The molecule has 4 rings (SSSR count). The molecule has 0 aliphatic carbocycles. The van der Waals surface area contributed by atoms with Crippen LogP contribution >= 0.6 is 0 Å². The molecule has 13 nitrogen and oxygen atoms in total. The minimum Gasteiger partial charge on any atom is -0.368 e. The predicted octanol–water partition coefficient (Wildman–Crippen LogP) is 2.92. The Morgan fingerprint density at radius 1 is 0.946 bits per heavy atom. The van der Waals surface area contributed by atoms with E-state index in [1.54, 1.807) is 0 Å². The predicted molar refractivity (Wildman–Crippen MR) is 138 cm³/mol. The first-order valence-electron chi connectivity index (χ1n) is 11.6. The van der Waals surface area contributed by atoms with Gasteiger partial charge in [0.15, 0.2) is 0 Å². The fourth-order valence-corrected chi connectivity index (χ4v) is 4.19. The molecule has 3 aromatic rings. The van der Waals surface area contributed by atoms with Gasteiger partial charge in [-0.3, -0.25) is 35.9 Å². The molecule has 0 atom stereocenters. The van der Waals surface area contributed by atoms with Gasteiger partial charge >= 0.3 is 5.69 Å². The summed E-state index contributed by atoms with van der Waals surface area (Å²) in [4.78, 5) is 46.2. The Morgan fingerprint density at radius 3 is 2.27 bits per heavy atom. The van der Waals surface area contributed by atoms with Gasteiger partial charge in [-0.05, 0) is 36.6 Å². The number of nitrogens with zero attached hydrogens (tertiary/aromatic N) is 6. The summed E-state index contributed by atoms with van der Waals surface area (Å²) >= 11 is 0. The number of benzene rings is 2. The first-order chi connectivity index (χ1) is 17.7. The van der Waals surface area contributed by atoms with Gasteiger partial charge < -0.3 is 9.80 Å². The molecule has 2 heterocycles. The molecule has 1 aromatic heterocycles. The topological polar surface area (TPSA) is 160 Å². The van der Waals surface area contributed by atoms with Crippen molar-refractivity contribution in [3.8, 4) is 0 Å². The maximum Gasteiger partial charge on any atom is 0.355 e. The normalized spacial score (nSPS) is 13.2. The summed E-state index contributed by atoms with van der Waals surface area (Å²) in [5, 5.41) is 22.7. The number of non-ortho nitro benzene ring substituents is 1. The van der Waals surface area contributed by atoms with Crippen LogP contribution in [0.15, 0.2) is 48.8 Å². The number of aromatic nitrogens is 2. The zero-order chi connectivity index (χ0) is 26.5. The Kier molecular flexibility index (Phi) is 7.41. The van der Waals surface area contributed by atoms with Crippen molar-refractivity contribution in [3.63, 3.8) is 0 Å². The van der Waals surface area contributed by atoms with Crippen molar-refractivity contribution >= 4 is 34.6 Å². The molecule has 13 heteroatoms. The quantitative estimate of drug-likeness (QED) is 0.343. The number of rotatable bonds is 8. The summed E-state index contributed by atoms with van der Waals surface area (Å²) in [6, 6.07) is 11.7. The fourth-order valence-electron chi connectivity index (χ4n) is 4.19. The average Bonchev–Trinajstić information content (AvgIpc) is 2.89. The van der Waals surface area contributed by atoms with E-state index in [2.05, 4.69) is 51.7 Å². The minimum absolute atomic E-state index is 0.0822. The molecule has 1 amide bonds. The van der Waals surface area contributed by atoms with Crippen molar-refractivity contribution in [2.75, 3.05) is 41.4 Å². The Bertz CT molecular complexity index is 1320. The van der Waals surface area contributed by atoms with Crippen molar-refractivity contribution in [3.05, 3.63) is 85.7 Å². The largest absolute Gasteiger partial charge is 0.368 e. The number of hydrogen-bond acceptors (Lipinski definition) is 10. The molecule has 0 radical (unpaired) electrons. The van der Waals surface area contributed by atoms with Crippen LogP contribution in [0.5, 0.6) is 0 Å². The number of anilines is 3. The highest BCUT2D eigenvalue weighted by atomic mass is 16.6. The van der Waals surface area contributed by atoms with Gasteiger partial charge in [-0.25, -0.2) is 9.97 Å². The van der Waals surface area contributed by atoms with Gasteiger partial charge in [-0.2, -0.15) is 0 Å². The van der Waals surface area contributed by atoms with E-state index in [0.29, 0.717) is 31.7 Å². The Morgan fingerprint density at radius 2 is 1.62 bits per heavy atom. The van der Waals surface area contributed by atoms with E-state index in [-0.39, 0.29) is 29.4 Å². The van der Waals surface area contributed by atoms with Gasteiger partial charge in [0.2, 0.25) is 17.5 Å². The van der Waals surface area contributed by atoms with E-state index in [0.717, 1.165) is 5.69 Å². The molecule has 0 bridgehead atoms. The van der Waals surface area contributed by atoms with Crippen molar-refractivity contribution in [2.24, 2.45) is 0 Å². The first kappa shape index (κ1) is 25.3. The van der Waals surface area contributed by atoms with Gasteiger partial charge in [0, 0.05) is 44.0 Å². The van der Waals surface area contributed by atoms with E-state index >= 15 is 0 Å². The molecule has 37 heavy (non-hydrogen) atoms. The van der Waals surface area contributed by atoms with Crippen LogP contribution in [-0.2, 0) is 11.2 Å². The molecule has 2 aromatic carbocycles. The Hall–Kier alpha value is -4.81. The van der Waals surface area contributed by atoms with Crippen LogP contribution in [-0.4, -0.2) is 51.9 Å². The molecule has 1 fully saturated rings. The lowest BCUT2D eigenvalue weighted by Gasteiger charge is -2.37. The third-order valence-corrected chi connectivity index (χ3v) is 6.31. The Labute approximate surface area is 212 Å². The highest BCUT2D eigenvalue weighted by molar-refractivity contribution is 5.81. The van der Waals surface area contributed by atoms with Gasteiger partial charge in [0.05, 0.1) is 16.3 Å². The van der Waals surface area contributed by atoms with Crippen molar-refractivity contribution < 1.29 is 14.6 Å². The number of aryl methyl sites for hydroxylation is 1. The molecule has 1 aliphatic rings. The molecular weight excluding hydrogens is 480 g/mol. The van der Waals surface area contributed by atoms with Gasteiger partial charge in [0.1, 0.15) is 6.33 Å². The maximum absolute atomic E-state index is 12.4. The second-order valence-electron chi connectivity index (χ2n) is 8.62. The SMILES string of the molecule is Cc1cccc(N2CCN(c3ncnc(NNC(=O)Cc4ccc([N+](=O)[O-])cc4)c3[N+](=O)[O-])CC2)c1C. The monoisotopic (exact) mass is 506 g/mol. The van der Waals surface area contributed by atoms with Crippen LogP contribution in [0, 0.1) is 34.1 Å². The molecule has 2 N–H and O–H groups in total. The van der Waals surface area contributed by atoms with Gasteiger partial charge in [0.25, 0.3) is 5.69 Å². The van der Waals surface area contributed by atoms with Crippen molar-refractivity contribution in [2.45, 2.75) is 20.3 Å². The zero-order valence-corrected chi connectivity index (χ0v) is 20.4. The lowest BCUT2D eigenvalue weighted by atomic mass is 10.1. The second kappa shape index (κ2) is 10.8. The van der Waals surface area contributed by atoms with Crippen LogP contribution in [0.3, 0.4) is 0 Å². The first-order valence-corrected chi connectivity index (χ1v) is 11.6. The van der Waals surface area contributed by atoms with Gasteiger partial charge in [-0.1, -0.05) is 24.3 Å². The summed E-state index contributed by atoms with van der Waals surface area (Å²) in [6.45, 7) is 6.54. The number of hydrogen-bond donors (Lipinski definition) is 2. The number of nitro groups is 2. The van der Waals surface area contributed by atoms with Crippen LogP contribution in [0.25, 0.3) is 0 Å².